The highest BCUT2D eigenvalue weighted by Gasteiger charge is 2.21. The molecule has 17 heavy (non-hydrogen) atoms. The van der Waals surface area contributed by atoms with Gasteiger partial charge in [0.05, 0.1) is 6.61 Å². The van der Waals surface area contributed by atoms with Crippen molar-refractivity contribution in [3.8, 4) is 0 Å². The molecule has 1 aromatic rings. The van der Waals surface area contributed by atoms with Crippen LogP contribution in [0.15, 0.2) is 18.2 Å². The average Bonchev–Trinajstić information content (AvgIpc) is 2.34. The molecule has 1 saturated heterocycles. The molecule has 1 aliphatic heterocycles. The summed E-state index contributed by atoms with van der Waals surface area (Å²) in [4.78, 5) is 0. The first-order chi connectivity index (χ1) is 8.16. The Morgan fingerprint density at radius 1 is 1.53 bits per heavy atom. The van der Waals surface area contributed by atoms with Crippen LogP contribution in [0.1, 0.15) is 18.4 Å². The largest absolute Gasteiger partial charge is 0.381 e. The Bertz CT molecular complexity index is 380. The molecular weight excluding hydrogens is 241 g/mol. The van der Waals surface area contributed by atoms with E-state index in [4.69, 9.17) is 22.1 Å². The highest BCUT2D eigenvalue weighted by Crippen LogP contribution is 2.23. The van der Waals surface area contributed by atoms with Gasteiger partial charge in [-0.1, -0.05) is 17.7 Å². The van der Waals surface area contributed by atoms with Gasteiger partial charge in [0.2, 0.25) is 0 Å². The van der Waals surface area contributed by atoms with Crippen LogP contribution in [0.3, 0.4) is 0 Å². The van der Waals surface area contributed by atoms with Crippen molar-refractivity contribution in [2.75, 3.05) is 13.2 Å². The highest BCUT2D eigenvalue weighted by molar-refractivity contribution is 6.31. The normalized spacial score (nSPS) is 22.4. The third-order valence-corrected chi connectivity index (χ3v) is 3.62. The predicted molar refractivity (Wildman–Crippen MR) is 66.6 cm³/mol. The standard InChI is InChI=1S/C13H17ClFNO/c14-12-7-11(15)4-3-9(12)6-13(16)10-2-1-5-17-8-10/h3-4,7,10,13H,1-2,5-6,8,16H2. The van der Waals surface area contributed by atoms with Crippen LogP contribution in [-0.2, 0) is 11.2 Å². The summed E-state index contributed by atoms with van der Waals surface area (Å²) in [6.45, 7) is 1.56. The fourth-order valence-electron chi connectivity index (χ4n) is 2.21. The maximum atomic E-state index is 12.9. The summed E-state index contributed by atoms with van der Waals surface area (Å²) in [6.07, 6.45) is 2.84. The minimum absolute atomic E-state index is 0.0262. The Hall–Kier alpha value is -0.640. The Labute approximate surface area is 106 Å². The number of hydrogen-bond acceptors (Lipinski definition) is 2. The van der Waals surface area contributed by atoms with E-state index in [1.165, 1.54) is 12.1 Å². The lowest BCUT2D eigenvalue weighted by atomic mass is 9.90. The molecule has 4 heteroatoms. The van der Waals surface area contributed by atoms with Gasteiger partial charge in [0.25, 0.3) is 0 Å². The van der Waals surface area contributed by atoms with Gasteiger partial charge < -0.3 is 10.5 Å². The summed E-state index contributed by atoms with van der Waals surface area (Å²) in [5.74, 6) is 0.0678. The van der Waals surface area contributed by atoms with E-state index in [1.807, 2.05) is 0 Å². The second-order valence-electron chi connectivity index (χ2n) is 4.58. The molecule has 94 valence electrons. The molecular formula is C13H17ClFNO. The van der Waals surface area contributed by atoms with E-state index in [0.29, 0.717) is 17.4 Å². The van der Waals surface area contributed by atoms with Crippen LogP contribution < -0.4 is 5.73 Å². The van der Waals surface area contributed by atoms with Gasteiger partial charge in [0, 0.05) is 17.7 Å². The third-order valence-electron chi connectivity index (χ3n) is 3.27. The van der Waals surface area contributed by atoms with E-state index < -0.39 is 0 Å². The summed E-state index contributed by atoms with van der Waals surface area (Å²) in [6, 6.07) is 4.49. The van der Waals surface area contributed by atoms with Gasteiger partial charge in [-0.05, 0) is 42.9 Å². The Kier molecular flexibility index (Phi) is 4.37. The number of halogens is 2. The topological polar surface area (TPSA) is 35.2 Å². The Morgan fingerprint density at radius 2 is 2.35 bits per heavy atom. The molecule has 1 fully saturated rings. The van der Waals surface area contributed by atoms with Gasteiger partial charge in [-0.3, -0.25) is 0 Å². The van der Waals surface area contributed by atoms with Crippen LogP contribution in [0.5, 0.6) is 0 Å². The summed E-state index contributed by atoms with van der Waals surface area (Å²) in [5, 5.41) is 0.456. The van der Waals surface area contributed by atoms with E-state index >= 15 is 0 Å². The molecule has 1 aromatic carbocycles. The number of nitrogens with two attached hydrogens (primary N) is 1. The minimum Gasteiger partial charge on any atom is -0.381 e. The molecule has 2 rings (SSSR count). The highest BCUT2D eigenvalue weighted by atomic mass is 35.5. The van der Waals surface area contributed by atoms with Crippen molar-refractivity contribution in [3.63, 3.8) is 0 Å². The van der Waals surface area contributed by atoms with Gasteiger partial charge in [-0.25, -0.2) is 4.39 Å². The SMILES string of the molecule is NC(Cc1ccc(F)cc1Cl)C1CCCOC1. The van der Waals surface area contributed by atoms with Gasteiger partial charge in [-0.15, -0.1) is 0 Å². The van der Waals surface area contributed by atoms with Crippen LogP contribution in [0.4, 0.5) is 4.39 Å². The molecule has 0 aromatic heterocycles. The van der Waals surface area contributed by atoms with Crippen molar-refractivity contribution < 1.29 is 9.13 Å². The molecule has 1 heterocycles. The summed E-state index contributed by atoms with van der Waals surface area (Å²) in [7, 11) is 0. The molecule has 2 nitrogen and oxygen atoms in total. The smallest absolute Gasteiger partial charge is 0.124 e. The molecule has 0 amide bonds. The van der Waals surface area contributed by atoms with Gasteiger partial charge in [0.1, 0.15) is 5.82 Å². The van der Waals surface area contributed by atoms with Gasteiger partial charge in [0.15, 0.2) is 0 Å². The number of benzene rings is 1. The van der Waals surface area contributed by atoms with Crippen molar-refractivity contribution in [1.29, 1.82) is 0 Å². The first-order valence-electron chi connectivity index (χ1n) is 5.94. The second kappa shape index (κ2) is 5.80. The van der Waals surface area contributed by atoms with Crippen molar-refractivity contribution in [3.05, 3.63) is 34.6 Å². The molecule has 1 aliphatic rings. The summed E-state index contributed by atoms with van der Waals surface area (Å²) in [5.41, 5.74) is 7.06. The van der Waals surface area contributed by atoms with Crippen LogP contribution in [-0.4, -0.2) is 19.3 Å². The van der Waals surface area contributed by atoms with Crippen molar-refractivity contribution in [2.45, 2.75) is 25.3 Å². The fraction of sp³-hybridized carbons (Fsp3) is 0.538. The quantitative estimate of drug-likeness (QED) is 0.904. The molecule has 2 N–H and O–H groups in total. The van der Waals surface area contributed by atoms with E-state index in [-0.39, 0.29) is 11.9 Å². The number of ether oxygens (including phenoxy) is 1. The van der Waals surface area contributed by atoms with E-state index in [0.717, 1.165) is 31.6 Å². The van der Waals surface area contributed by atoms with Gasteiger partial charge in [-0.2, -0.15) is 0 Å². The maximum Gasteiger partial charge on any atom is 0.124 e. The molecule has 0 spiro atoms. The molecule has 2 unspecified atom stereocenters. The minimum atomic E-state index is -0.312. The van der Waals surface area contributed by atoms with Crippen LogP contribution in [0.25, 0.3) is 0 Å². The predicted octanol–water partition coefficient (Wildman–Crippen LogP) is 2.78. The number of hydrogen-bond donors (Lipinski definition) is 1. The van der Waals surface area contributed by atoms with E-state index in [1.54, 1.807) is 6.07 Å². The van der Waals surface area contributed by atoms with Crippen molar-refractivity contribution in [2.24, 2.45) is 11.7 Å². The monoisotopic (exact) mass is 257 g/mol. The summed E-state index contributed by atoms with van der Waals surface area (Å²) < 4.78 is 18.3. The second-order valence-corrected chi connectivity index (χ2v) is 4.99. The number of rotatable bonds is 3. The molecule has 2 atom stereocenters. The van der Waals surface area contributed by atoms with E-state index in [9.17, 15) is 4.39 Å². The van der Waals surface area contributed by atoms with Crippen LogP contribution in [0, 0.1) is 11.7 Å². The zero-order valence-corrected chi connectivity index (χ0v) is 10.4. The fourth-order valence-corrected chi connectivity index (χ4v) is 2.46. The first-order valence-corrected chi connectivity index (χ1v) is 6.32. The first kappa shape index (κ1) is 12.8. The third kappa shape index (κ3) is 3.41. The lowest BCUT2D eigenvalue weighted by Gasteiger charge is -2.27. The molecule has 0 saturated carbocycles. The van der Waals surface area contributed by atoms with E-state index in [2.05, 4.69) is 0 Å². The maximum absolute atomic E-state index is 12.9. The lowest BCUT2D eigenvalue weighted by Crippen LogP contribution is -2.37. The zero-order valence-electron chi connectivity index (χ0n) is 9.66. The van der Waals surface area contributed by atoms with Crippen LogP contribution in [0.2, 0.25) is 5.02 Å². The molecule has 0 aliphatic carbocycles. The summed E-state index contributed by atoms with van der Waals surface area (Å²) >= 11 is 5.99. The Balaban J connectivity index is 1.99. The van der Waals surface area contributed by atoms with Crippen molar-refractivity contribution >= 4 is 11.6 Å². The molecule has 0 bridgehead atoms. The van der Waals surface area contributed by atoms with Crippen LogP contribution >= 0.6 is 11.6 Å². The molecule has 0 radical (unpaired) electrons. The zero-order chi connectivity index (χ0) is 12.3. The van der Waals surface area contributed by atoms with Crippen molar-refractivity contribution in [1.82, 2.24) is 0 Å². The lowest BCUT2D eigenvalue weighted by molar-refractivity contribution is 0.0450. The van der Waals surface area contributed by atoms with Gasteiger partial charge >= 0.3 is 0 Å². The average molecular weight is 258 g/mol. The Morgan fingerprint density at radius 3 is 3.00 bits per heavy atom.